The highest BCUT2D eigenvalue weighted by Crippen LogP contribution is 2.20. The van der Waals surface area contributed by atoms with Crippen LogP contribution in [0, 0.1) is 5.82 Å². The standard InChI is InChI=1S/C23H23FN2O4S/c1-3-30-21-11-13-22(14-12-21)31(28,29)26-20-9-7-17(8-10-20)23(27)25-16(2)18-5-4-6-19(24)15-18/h4-16,26H,3H2,1-2H3,(H,25,27). The summed E-state index contributed by atoms with van der Waals surface area (Å²) in [4.78, 5) is 12.6. The summed E-state index contributed by atoms with van der Waals surface area (Å²) in [5.41, 5.74) is 1.32. The number of amides is 1. The molecule has 0 fully saturated rings. The number of rotatable bonds is 8. The lowest BCUT2D eigenvalue weighted by Crippen LogP contribution is -2.26. The predicted octanol–water partition coefficient (Wildman–Crippen LogP) is 4.52. The highest BCUT2D eigenvalue weighted by Gasteiger charge is 2.16. The third kappa shape index (κ3) is 5.82. The minimum Gasteiger partial charge on any atom is -0.494 e. The third-order valence-electron chi connectivity index (χ3n) is 4.54. The molecule has 8 heteroatoms. The Morgan fingerprint density at radius 2 is 1.71 bits per heavy atom. The van der Waals surface area contributed by atoms with Crippen molar-refractivity contribution in [1.82, 2.24) is 5.32 Å². The normalized spacial score (nSPS) is 12.1. The number of sulfonamides is 1. The van der Waals surface area contributed by atoms with Crippen LogP contribution in [0.2, 0.25) is 0 Å². The first-order valence-electron chi connectivity index (χ1n) is 9.70. The van der Waals surface area contributed by atoms with Crippen LogP contribution in [0.25, 0.3) is 0 Å². The van der Waals surface area contributed by atoms with E-state index in [0.29, 0.717) is 29.2 Å². The van der Waals surface area contributed by atoms with Crippen molar-refractivity contribution in [2.24, 2.45) is 0 Å². The van der Waals surface area contributed by atoms with Crippen LogP contribution in [0.1, 0.15) is 35.8 Å². The van der Waals surface area contributed by atoms with Crippen molar-refractivity contribution in [2.75, 3.05) is 11.3 Å². The molecule has 0 aliphatic carbocycles. The van der Waals surface area contributed by atoms with E-state index in [9.17, 15) is 17.6 Å². The van der Waals surface area contributed by atoms with E-state index in [1.54, 1.807) is 31.2 Å². The Morgan fingerprint density at radius 1 is 1.03 bits per heavy atom. The number of hydrogen-bond donors (Lipinski definition) is 2. The molecule has 0 spiro atoms. The lowest BCUT2D eigenvalue weighted by atomic mass is 10.1. The van der Waals surface area contributed by atoms with E-state index in [1.807, 2.05) is 6.92 Å². The Labute approximate surface area is 181 Å². The van der Waals surface area contributed by atoms with E-state index < -0.39 is 10.0 Å². The average molecular weight is 443 g/mol. The zero-order chi connectivity index (χ0) is 22.4. The molecule has 0 bridgehead atoms. The predicted molar refractivity (Wildman–Crippen MR) is 117 cm³/mol. The van der Waals surface area contributed by atoms with Crippen molar-refractivity contribution in [3.63, 3.8) is 0 Å². The van der Waals surface area contributed by atoms with Crippen LogP contribution >= 0.6 is 0 Å². The molecule has 1 unspecified atom stereocenters. The van der Waals surface area contributed by atoms with Gasteiger partial charge in [-0.15, -0.1) is 0 Å². The van der Waals surface area contributed by atoms with Crippen molar-refractivity contribution in [3.8, 4) is 5.75 Å². The second kappa shape index (κ2) is 9.61. The molecule has 0 aliphatic heterocycles. The Hall–Kier alpha value is -3.39. The quantitative estimate of drug-likeness (QED) is 0.537. The molecule has 3 aromatic rings. The van der Waals surface area contributed by atoms with Crippen LogP contribution in [0.3, 0.4) is 0 Å². The van der Waals surface area contributed by atoms with Gasteiger partial charge in [-0.1, -0.05) is 12.1 Å². The van der Waals surface area contributed by atoms with Crippen molar-refractivity contribution in [3.05, 3.63) is 89.7 Å². The summed E-state index contributed by atoms with van der Waals surface area (Å²) >= 11 is 0. The minimum atomic E-state index is -3.78. The number of ether oxygens (including phenoxy) is 1. The molecule has 2 N–H and O–H groups in total. The van der Waals surface area contributed by atoms with Gasteiger partial charge in [-0.2, -0.15) is 0 Å². The van der Waals surface area contributed by atoms with E-state index in [-0.39, 0.29) is 22.7 Å². The fraction of sp³-hybridized carbons (Fsp3) is 0.174. The van der Waals surface area contributed by atoms with Gasteiger partial charge in [0.15, 0.2) is 0 Å². The van der Waals surface area contributed by atoms with Gasteiger partial charge in [-0.3, -0.25) is 9.52 Å². The second-order valence-corrected chi connectivity index (χ2v) is 8.52. The van der Waals surface area contributed by atoms with Crippen LogP contribution in [0.4, 0.5) is 10.1 Å². The molecule has 6 nitrogen and oxygen atoms in total. The van der Waals surface area contributed by atoms with Gasteiger partial charge >= 0.3 is 0 Å². The number of halogens is 1. The molecule has 0 saturated heterocycles. The largest absolute Gasteiger partial charge is 0.494 e. The Balaban J connectivity index is 1.65. The molecule has 0 heterocycles. The van der Waals surface area contributed by atoms with E-state index in [1.165, 1.54) is 48.5 Å². The summed E-state index contributed by atoms with van der Waals surface area (Å²) < 4.78 is 46.3. The van der Waals surface area contributed by atoms with Gasteiger partial charge in [0.25, 0.3) is 15.9 Å². The van der Waals surface area contributed by atoms with Gasteiger partial charge < -0.3 is 10.1 Å². The van der Waals surface area contributed by atoms with Gasteiger partial charge in [0, 0.05) is 11.3 Å². The molecular weight excluding hydrogens is 419 g/mol. The van der Waals surface area contributed by atoms with Gasteiger partial charge in [-0.05, 0) is 80.1 Å². The molecule has 31 heavy (non-hydrogen) atoms. The summed E-state index contributed by atoms with van der Waals surface area (Å²) in [6.07, 6.45) is 0. The molecule has 0 saturated carbocycles. The van der Waals surface area contributed by atoms with Crippen molar-refractivity contribution >= 4 is 21.6 Å². The van der Waals surface area contributed by atoms with Gasteiger partial charge in [0.1, 0.15) is 11.6 Å². The fourth-order valence-corrected chi connectivity index (χ4v) is 3.98. The summed E-state index contributed by atoms with van der Waals surface area (Å²) in [6.45, 7) is 4.09. The van der Waals surface area contributed by atoms with E-state index in [4.69, 9.17) is 4.74 Å². The molecule has 1 atom stereocenters. The number of hydrogen-bond acceptors (Lipinski definition) is 4. The van der Waals surface area contributed by atoms with Crippen molar-refractivity contribution in [2.45, 2.75) is 24.8 Å². The summed E-state index contributed by atoms with van der Waals surface area (Å²) in [6, 6.07) is 17.8. The summed E-state index contributed by atoms with van der Waals surface area (Å²) in [7, 11) is -3.78. The maximum absolute atomic E-state index is 13.4. The topological polar surface area (TPSA) is 84.5 Å². The third-order valence-corrected chi connectivity index (χ3v) is 5.94. The van der Waals surface area contributed by atoms with Crippen LogP contribution < -0.4 is 14.8 Å². The summed E-state index contributed by atoms with van der Waals surface area (Å²) in [5, 5.41) is 2.79. The monoisotopic (exact) mass is 442 g/mol. The Kier molecular flexibility index (Phi) is 6.91. The molecule has 0 aliphatic rings. The first-order chi connectivity index (χ1) is 14.8. The fourth-order valence-electron chi connectivity index (χ4n) is 2.92. The SMILES string of the molecule is CCOc1ccc(S(=O)(=O)Nc2ccc(C(=O)NC(C)c3cccc(F)c3)cc2)cc1. The number of carbonyl (C=O) groups is 1. The zero-order valence-corrected chi connectivity index (χ0v) is 17.9. The molecule has 0 radical (unpaired) electrons. The lowest BCUT2D eigenvalue weighted by molar-refractivity contribution is 0.0940. The minimum absolute atomic E-state index is 0.0988. The van der Waals surface area contributed by atoms with Crippen molar-refractivity contribution in [1.29, 1.82) is 0 Å². The second-order valence-electron chi connectivity index (χ2n) is 6.84. The van der Waals surface area contributed by atoms with Crippen LogP contribution in [0.15, 0.2) is 77.7 Å². The Bertz CT molecular complexity index is 1150. The first kappa shape index (κ1) is 22.3. The van der Waals surface area contributed by atoms with Crippen LogP contribution in [0.5, 0.6) is 5.75 Å². The molecule has 1 amide bonds. The van der Waals surface area contributed by atoms with Crippen LogP contribution in [-0.2, 0) is 10.0 Å². The Morgan fingerprint density at radius 3 is 2.32 bits per heavy atom. The maximum Gasteiger partial charge on any atom is 0.261 e. The van der Waals surface area contributed by atoms with Crippen LogP contribution in [-0.4, -0.2) is 20.9 Å². The van der Waals surface area contributed by atoms with Gasteiger partial charge in [0.2, 0.25) is 0 Å². The van der Waals surface area contributed by atoms with Crippen molar-refractivity contribution < 1.29 is 22.3 Å². The highest BCUT2D eigenvalue weighted by atomic mass is 32.2. The first-order valence-corrected chi connectivity index (χ1v) is 11.2. The average Bonchev–Trinajstić information content (AvgIpc) is 2.74. The van der Waals surface area contributed by atoms with Gasteiger partial charge in [-0.25, -0.2) is 12.8 Å². The molecule has 0 aromatic heterocycles. The zero-order valence-electron chi connectivity index (χ0n) is 17.1. The number of carbonyl (C=O) groups excluding carboxylic acids is 1. The maximum atomic E-state index is 13.4. The smallest absolute Gasteiger partial charge is 0.261 e. The molecule has 3 aromatic carbocycles. The molecule has 3 rings (SSSR count). The number of nitrogens with one attached hydrogen (secondary N) is 2. The lowest BCUT2D eigenvalue weighted by Gasteiger charge is -2.15. The molecule has 162 valence electrons. The number of benzene rings is 3. The number of anilines is 1. The highest BCUT2D eigenvalue weighted by molar-refractivity contribution is 7.92. The van der Waals surface area contributed by atoms with E-state index in [0.717, 1.165) is 0 Å². The van der Waals surface area contributed by atoms with Gasteiger partial charge in [0.05, 0.1) is 17.5 Å². The van der Waals surface area contributed by atoms with E-state index in [2.05, 4.69) is 10.0 Å². The van der Waals surface area contributed by atoms with E-state index >= 15 is 0 Å². The molecular formula is C23H23FN2O4S. The summed E-state index contributed by atoms with van der Waals surface area (Å²) in [5.74, 6) is -0.135.